The van der Waals surface area contributed by atoms with Gasteiger partial charge in [0.05, 0.1) is 0 Å². The van der Waals surface area contributed by atoms with Crippen molar-refractivity contribution in [2.45, 2.75) is 39.2 Å². The van der Waals surface area contributed by atoms with Crippen molar-refractivity contribution in [3.05, 3.63) is 35.4 Å². The van der Waals surface area contributed by atoms with Crippen LogP contribution in [0.5, 0.6) is 0 Å². The summed E-state index contributed by atoms with van der Waals surface area (Å²) < 4.78 is 0. The molecule has 1 aliphatic carbocycles. The standard InChI is InChI=1S/C14H21N/c1-11-6-4-5-7-13(11)10-14(8-9-14)12(2)15-3/h4-7,12,15H,8-10H2,1-3H3. The third kappa shape index (κ3) is 2.07. The van der Waals surface area contributed by atoms with Crippen molar-refractivity contribution < 1.29 is 0 Å². The molecular formula is C14H21N. The molecule has 1 unspecified atom stereocenters. The Morgan fingerprint density at radius 2 is 2.00 bits per heavy atom. The van der Waals surface area contributed by atoms with E-state index in [1.54, 1.807) is 0 Å². The fraction of sp³-hybridized carbons (Fsp3) is 0.571. The van der Waals surface area contributed by atoms with Gasteiger partial charge in [-0.2, -0.15) is 0 Å². The van der Waals surface area contributed by atoms with Crippen molar-refractivity contribution in [3.63, 3.8) is 0 Å². The second-order valence-corrected chi connectivity index (χ2v) is 4.98. The van der Waals surface area contributed by atoms with Gasteiger partial charge in [0.2, 0.25) is 0 Å². The minimum absolute atomic E-state index is 0.543. The average molecular weight is 203 g/mol. The summed E-state index contributed by atoms with van der Waals surface area (Å²) >= 11 is 0. The van der Waals surface area contributed by atoms with E-state index >= 15 is 0 Å². The number of hydrogen-bond donors (Lipinski definition) is 1. The van der Waals surface area contributed by atoms with Crippen molar-refractivity contribution in [2.24, 2.45) is 5.41 Å². The quantitative estimate of drug-likeness (QED) is 0.793. The SMILES string of the molecule is CNC(C)C1(Cc2ccccc2C)CC1. The summed E-state index contributed by atoms with van der Waals surface area (Å²) in [6.45, 7) is 4.53. The summed E-state index contributed by atoms with van der Waals surface area (Å²) in [4.78, 5) is 0. The molecule has 0 bridgehead atoms. The van der Waals surface area contributed by atoms with Crippen LogP contribution in [0.4, 0.5) is 0 Å². The lowest BCUT2D eigenvalue weighted by atomic mass is 9.88. The lowest BCUT2D eigenvalue weighted by molar-refractivity contribution is 0.369. The van der Waals surface area contributed by atoms with Gasteiger partial charge >= 0.3 is 0 Å². The monoisotopic (exact) mass is 203 g/mol. The Morgan fingerprint density at radius 1 is 1.33 bits per heavy atom. The van der Waals surface area contributed by atoms with Crippen LogP contribution in [0.1, 0.15) is 30.9 Å². The third-order valence-corrected chi connectivity index (χ3v) is 4.05. The van der Waals surface area contributed by atoms with E-state index in [1.807, 2.05) is 0 Å². The van der Waals surface area contributed by atoms with Crippen molar-refractivity contribution in [2.75, 3.05) is 7.05 Å². The molecule has 1 heteroatoms. The van der Waals surface area contributed by atoms with Gasteiger partial charge in [-0.3, -0.25) is 0 Å². The first-order valence-corrected chi connectivity index (χ1v) is 5.90. The Balaban J connectivity index is 2.12. The summed E-state index contributed by atoms with van der Waals surface area (Å²) in [6.07, 6.45) is 3.99. The largest absolute Gasteiger partial charge is 0.317 e. The summed E-state index contributed by atoms with van der Waals surface area (Å²) in [5.41, 5.74) is 3.50. The third-order valence-electron chi connectivity index (χ3n) is 4.05. The number of nitrogens with one attached hydrogen (secondary N) is 1. The van der Waals surface area contributed by atoms with E-state index in [0.29, 0.717) is 11.5 Å². The summed E-state index contributed by atoms with van der Waals surface area (Å²) in [5, 5.41) is 3.41. The molecule has 0 aliphatic heterocycles. The molecule has 1 aromatic rings. The first-order chi connectivity index (χ1) is 7.18. The van der Waals surface area contributed by atoms with Crippen LogP contribution in [0.3, 0.4) is 0 Å². The molecule has 1 atom stereocenters. The fourth-order valence-corrected chi connectivity index (χ4v) is 2.42. The molecule has 0 spiro atoms. The molecule has 82 valence electrons. The Hall–Kier alpha value is -0.820. The highest BCUT2D eigenvalue weighted by molar-refractivity contribution is 5.28. The first kappa shape index (κ1) is 10.7. The van der Waals surface area contributed by atoms with Crippen LogP contribution in [-0.4, -0.2) is 13.1 Å². The van der Waals surface area contributed by atoms with Crippen LogP contribution in [0.2, 0.25) is 0 Å². The normalized spacial score (nSPS) is 19.9. The molecule has 0 saturated heterocycles. The summed E-state index contributed by atoms with van der Waals surface area (Å²) in [7, 11) is 2.07. The summed E-state index contributed by atoms with van der Waals surface area (Å²) in [6, 6.07) is 9.41. The maximum Gasteiger partial charge on any atom is 0.00953 e. The number of benzene rings is 1. The Morgan fingerprint density at radius 3 is 2.53 bits per heavy atom. The zero-order chi connectivity index (χ0) is 10.9. The second-order valence-electron chi connectivity index (χ2n) is 4.98. The second kappa shape index (κ2) is 3.97. The van der Waals surface area contributed by atoms with E-state index in [1.165, 1.54) is 30.4 Å². The first-order valence-electron chi connectivity index (χ1n) is 5.90. The molecule has 1 aromatic carbocycles. The van der Waals surface area contributed by atoms with Gasteiger partial charge in [0.1, 0.15) is 0 Å². The van der Waals surface area contributed by atoms with E-state index in [4.69, 9.17) is 0 Å². The van der Waals surface area contributed by atoms with Crippen LogP contribution in [0, 0.1) is 12.3 Å². The smallest absolute Gasteiger partial charge is 0.00953 e. The van der Waals surface area contributed by atoms with Gasteiger partial charge in [0.15, 0.2) is 0 Å². The van der Waals surface area contributed by atoms with Crippen molar-refractivity contribution in [1.82, 2.24) is 5.32 Å². The maximum atomic E-state index is 3.41. The van der Waals surface area contributed by atoms with Gasteiger partial charge in [-0.05, 0) is 56.7 Å². The van der Waals surface area contributed by atoms with E-state index in [0.717, 1.165) is 0 Å². The van der Waals surface area contributed by atoms with Crippen molar-refractivity contribution in [3.8, 4) is 0 Å². The van der Waals surface area contributed by atoms with Gasteiger partial charge in [-0.15, -0.1) is 0 Å². The van der Waals surface area contributed by atoms with Gasteiger partial charge in [0, 0.05) is 6.04 Å². The van der Waals surface area contributed by atoms with Crippen LogP contribution >= 0.6 is 0 Å². The highest BCUT2D eigenvalue weighted by Crippen LogP contribution is 2.51. The Kier molecular flexibility index (Phi) is 2.83. The van der Waals surface area contributed by atoms with Crippen molar-refractivity contribution >= 4 is 0 Å². The molecule has 0 radical (unpaired) electrons. The van der Waals surface area contributed by atoms with Crippen LogP contribution < -0.4 is 5.32 Å². The number of hydrogen-bond acceptors (Lipinski definition) is 1. The zero-order valence-electron chi connectivity index (χ0n) is 10.0. The van der Waals surface area contributed by atoms with Gasteiger partial charge in [-0.25, -0.2) is 0 Å². The molecule has 1 saturated carbocycles. The highest BCUT2D eigenvalue weighted by atomic mass is 14.9. The van der Waals surface area contributed by atoms with Gasteiger partial charge < -0.3 is 5.32 Å². The van der Waals surface area contributed by atoms with Gasteiger partial charge in [-0.1, -0.05) is 24.3 Å². The molecule has 1 aliphatic rings. The van der Waals surface area contributed by atoms with Crippen molar-refractivity contribution in [1.29, 1.82) is 0 Å². The molecule has 2 rings (SSSR count). The van der Waals surface area contributed by atoms with E-state index < -0.39 is 0 Å². The predicted molar refractivity (Wildman–Crippen MR) is 65.1 cm³/mol. The number of aryl methyl sites for hydroxylation is 1. The van der Waals surface area contributed by atoms with E-state index in [2.05, 4.69) is 50.5 Å². The molecule has 0 heterocycles. The minimum atomic E-state index is 0.543. The Labute approximate surface area is 92.9 Å². The zero-order valence-corrected chi connectivity index (χ0v) is 10.0. The summed E-state index contributed by atoms with van der Waals surface area (Å²) in [5.74, 6) is 0. The van der Waals surface area contributed by atoms with Gasteiger partial charge in [0.25, 0.3) is 0 Å². The maximum absolute atomic E-state index is 3.41. The topological polar surface area (TPSA) is 12.0 Å². The molecule has 1 nitrogen and oxygen atoms in total. The number of rotatable bonds is 4. The molecular weight excluding hydrogens is 182 g/mol. The van der Waals surface area contributed by atoms with Crippen LogP contribution in [0.15, 0.2) is 24.3 Å². The van der Waals surface area contributed by atoms with Crippen LogP contribution in [-0.2, 0) is 6.42 Å². The lowest BCUT2D eigenvalue weighted by Gasteiger charge is -2.23. The Bertz CT molecular complexity index is 339. The molecule has 0 aromatic heterocycles. The van der Waals surface area contributed by atoms with E-state index in [9.17, 15) is 0 Å². The molecule has 1 N–H and O–H groups in total. The molecule has 15 heavy (non-hydrogen) atoms. The molecule has 1 fully saturated rings. The average Bonchev–Trinajstić information content (AvgIpc) is 3.01. The van der Waals surface area contributed by atoms with E-state index in [-0.39, 0.29) is 0 Å². The lowest BCUT2D eigenvalue weighted by Crippen LogP contribution is -2.33. The fourth-order valence-electron chi connectivity index (χ4n) is 2.42. The highest BCUT2D eigenvalue weighted by Gasteiger charge is 2.46. The van der Waals surface area contributed by atoms with Crippen LogP contribution in [0.25, 0.3) is 0 Å². The minimum Gasteiger partial charge on any atom is -0.317 e. The predicted octanol–water partition coefficient (Wildman–Crippen LogP) is 2.93. The molecule has 0 amide bonds.